The molecule has 7 heteroatoms. The van der Waals surface area contributed by atoms with Gasteiger partial charge in [-0.1, -0.05) is 58.3 Å². The van der Waals surface area contributed by atoms with Gasteiger partial charge in [-0.15, -0.1) is 0 Å². The fraction of sp³-hybridized carbons (Fsp3) is 0.632. The number of hydrogen-bond acceptors (Lipinski definition) is 5. The summed E-state index contributed by atoms with van der Waals surface area (Å²) in [5.74, 6) is 1.43. The molecule has 0 N–H and O–H groups in total. The number of nitrogens with zero attached hydrogens (tertiary/aromatic N) is 1. The number of carbonyl (C=O) groups excluding carboxylic acids is 1. The average molecular weight is 414 g/mol. The van der Waals surface area contributed by atoms with Crippen LogP contribution in [0.15, 0.2) is 30.3 Å². The number of unbranched alkanes of at least 4 members (excludes halogenated alkanes) is 1. The Labute approximate surface area is 164 Å². The summed E-state index contributed by atoms with van der Waals surface area (Å²) in [6.45, 7) is 0.867. The number of hydrogen-bond donors (Lipinski definition) is 0. The van der Waals surface area contributed by atoms with E-state index in [1.54, 1.807) is 4.90 Å². The van der Waals surface area contributed by atoms with Crippen LogP contribution >= 0.6 is 21.6 Å². The van der Waals surface area contributed by atoms with E-state index in [0.717, 1.165) is 23.7 Å². The van der Waals surface area contributed by atoms with Crippen LogP contribution in [0, 0.1) is 0 Å². The van der Waals surface area contributed by atoms with Crippen molar-refractivity contribution in [2.45, 2.75) is 49.0 Å². The van der Waals surface area contributed by atoms with Crippen LogP contribution in [-0.4, -0.2) is 49.1 Å². The molecule has 2 heterocycles. The Bertz CT molecular complexity index is 687. The van der Waals surface area contributed by atoms with Crippen molar-refractivity contribution < 1.29 is 13.2 Å². The second-order valence-electron chi connectivity index (χ2n) is 7.01. The van der Waals surface area contributed by atoms with Crippen LogP contribution in [0.25, 0.3) is 0 Å². The molecule has 2 fully saturated rings. The largest absolute Gasteiger partial charge is 0.342 e. The van der Waals surface area contributed by atoms with Crippen LogP contribution in [-0.2, 0) is 14.6 Å². The quantitative estimate of drug-likeness (QED) is 0.519. The zero-order valence-electron chi connectivity index (χ0n) is 15.0. The van der Waals surface area contributed by atoms with E-state index >= 15 is 0 Å². The highest BCUT2D eigenvalue weighted by Gasteiger charge is 2.32. The first-order valence-corrected chi connectivity index (χ1v) is 13.5. The lowest BCUT2D eigenvalue weighted by molar-refractivity contribution is -0.131. The van der Waals surface area contributed by atoms with Gasteiger partial charge in [-0.25, -0.2) is 8.42 Å². The van der Waals surface area contributed by atoms with Crippen molar-refractivity contribution in [2.24, 2.45) is 0 Å². The zero-order chi connectivity index (χ0) is 18.4. The molecule has 0 unspecified atom stereocenters. The van der Waals surface area contributed by atoms with E-state index in [4.69, 9.17) is 0 Å². The first-order chi connectivity index (χ1) is 12.6. The summed E-state index contributed by atoms with van der Waals surface area (Å²) in [5.41, 5.74) is 0.841. The van der Waals surface area contributed by atoms with Gasteiger partial charge in [0.2, 0.25) is 5.91 Å². The van der Waals surface area contributed by atoms with Gasteiger partial charge in [0, 0.05) is 30.5 Å². The van der Waals surface area contributed by atoms with Crippen LogP contribution in [0.5, 0.6) is 0 Å². The van der Waals surface area contributed by atoms with Crippen LogP contribution in [0.3, 0.4) is 0 Å². The summed E-state index contributed by atoms with van der Waals surface area (Å²) in [6, 6.07) is 9.39. The van der Waals surface area contributed by atoms with Gasteiger partial charge in [-0.05, 0) is 31.2 Å². The molecule has 1 aromatic rings. The van der Waals surface area contributed by atoms with Gasteiger partial charge < -0.3 is 4.90 Å². The molecule has 2 saturated heterocycles. The normalized spacial score (nSPS) is 25.8. The highest BCUT2D eigenvalue weighted by molar-refractivity contribution is 8.77. The maximum absolute atomic E-state index is 12.6. The highest BCUT2D eigenvalue weighted by atomic mass is 33.1. The average Bonchev–Trinajstić information content (AvgIpc) is 3.09. The Hall–Kier alpha value is -0.660. The molecule has 0 saturated carbocycles. The summed E-state index contributed by atoms with van der Waals surface area (Å²) in [4.78, 5) is 14.3. The van der Waals surface area contributed by atoms with E-state index in [9.17, 15) is 13.2 Å². The molecular formula is C19H27NO3S3. The lowest BCUT2D eigenvalue weighted by Crippen LogP contribution is -2.33. The van der Waals surface area contributed by atoms with Crippen LogP contribution in [0.4, 0.5) is 0 Å². The van der Waals surface area contributed by atoms with E-state index in [2.05, 4.69) is 0 Å². The van der Waals surface area contributed by atoms with Gasteiger partial charge in [-0.3, -0.25) is 4.79 Å². The van der Waals surface area contributed by atoms with Gasteiger partial charge in [0.25, 0.3) is 0 Å². The van der Waals surface area contributed by atoms with Crippen molar-refractivity contribution in [3.05, 3.63) is 35.9 Å². The van der Waals surface area contributed by atoms with Crippen LogP contribution in [0.2, 0.25) is 0 Å². The molecule has 26 heavy (non-hydrogen) atoms. The third-order valence-electron chi connectivity index (χ3n) is 5.16. The Kier molecular flexibility index (Phi) is 7.35. The number of amides is 1. The van der Waals surface area contributed by atoms with Gasteiger partial charge in [-0.2, -0.15) is 0 Å². The fourth-order valence-electron chi connectivity index (χ4n) is 3.61. The maximum Gasteiger partial charge on any atom is 0.222 e. The number of benzene rings is 1. The monoisotopic (exact) mass is 413 g/mol. The molecular weight excluding hydrogens is 386 g/mol. The summed E-state index contributed by atoms with van der Waals surface area (Å²) in [6.07, 6.45) is 5.51. The number of carbonyl (C=O) groups is 1. The third kappa shape index (κ3) is 5.42. The van der Waals surface area contributed by atoms with Crippen molar-refractivity contribution in [3.63, 3.8) is 0 Å². The first kappa shape index (κ1) is 20.1. The van der Waals surface area contributed by atoms with E-state index in [1.807, 2.05) is 51.9 Å². The van der Waals surface area contributed by atoms with Crippen LogP contribution in [0.1, 0.15) is 49.3 Å². The zero-order valence-corrected chi connectivity index (χ0v) is 17.5. The van der Waals surface area contributed by atoms with Gasteiger partial charge in [0.05, 0.1) is 11.0 Å². The summed E-state index contributed by atoms with van der Waals surface area (Å²) in [5, 5.41) is 0.267. The van der Waals surface area contributed by atoms with Crippen molar-refractivity contribution in [1.82, 2.24) is 4.90 Å². The minimum Gasteiger partial charge on any atom is -0.342 e. The maximum atomic E-state index is 12.6. The SMILES string of the molecule is O=C(CCCC[C@H]1CCSS1)N1CC[C@@H](c2ccccc2)S(=O)(=O)CC1. The van der Waals surface area contributed by atoms with E-state index in [0.29, 0.717) is 25.9 Å². The Morgan fingerprint density at radius 3 is 2.65 bits per heavy atom. The predicted molar refractivity (Wildman–Crippen MR) is 111 cm³/mol. The van der Waals surface area contributed by atoms with E-state index in [-0.39, 0.29) is 11.7 Å². The van der Waals surface area contributed by atoms with Crippen LogP contribution < -0.4 is 0 Å². The van der Waals surface area contributed by atoms with Crippen molar-refractivity contribution in [3.8, 4) is 0 Å². The second kappa shape index (κ2) is 9.51. The Morgan fingerprint density at radius 2 is 1.92 bits per heavy atom. The van der Waals surface area contributed by atoms with Crippen molar-refractivity contribution in [2.75, 3.05) is 24.6 Å². The van der Waals surface area contributed by atoms with Gasteiger partial charge in [0.1, 0.15) is 0 Å². The summed E-state index contributed by atoms with van der Waals surface area (Å²) < 4.78 is 25.3. The minimum atomic E-state index is -3.21. The van der Waals surface area contributed by atoms with Crippen molar-refractivity contribution in [1.29, 1.82) is 0 Å². The standard InChI is InChI=1S/C19H27NO3S3/c21-19(9-5-4-8-17-11-14-24-25-17)20-12-10-18(26(22,23)15-13-20)16-6-2-1-3-7-16/h1-3,6-7,17-18H,4-5,8-15H2/t17-,18-/m0/s1. The molecule has 0 aromatic heterocycles. The first-order valence-electron chi connectivity index (χ1n) is 9.39. The van der Waals surface area contributed by atoms with E-state index < -0.39 is 15.1 Å². The molecule has 2 aliphatic heterocycles. The molecule has 1 amide bonds. The molecule has 2 atom stereocenters. The molecule has 0 spiro atoms. The molecule has 0 aliphatic carbocycles. The summed E-state index contributed by atoms with van der Waals surface area (Å²) in [7, 11) is 0.724. The number of rotatable bonds is 6. The van der Waals surface area contributed by atoms with Gasteiger partial charge >= 0.3 is 0 Å². The molecule has 144 valence electrons. The number of sulfone groups is 1. The molecule has 3 rings (SSSR count). The van der Waals surface area contributed by atoms with E-state index in [1.165, 1.54) is 18.6 Å². The Balaban J connectivity index is 1.49. The molecule has 4 nitrogen and oxygen atoms in total. The fourth-order valence-corrected chi connectivity index (χ4v) is 8.43. The topological polar surface area (TPSA) is 54.5 Å². The lowest BCUT2D eigenvalue weighted by Gasteiger charge is -2.20. The third-order valence-corrected chi connectivity index (χ3v) is 10.3. The predicted octanol–water partition coefficient (Wildman–Crippen LogP) is 4.09. The smallest absolute Gasteiger partial charge is 0.222 e. The van der Waals surface area contributed by atoms with Crippen molar-refractivity contribution >= 4 is 37.3 Å². The molecule has 2 aliphatic rings. The highest BCUT2D eigenvalue weighted by Crippen LogP contribution is 2.40. The minimum absolute atomic E-state index is 0.0637. The summed E-state index contributed by atoms with van der Waals surface area (Å²) >= 11 is 0. The molecule has 0 bridgehead atoms. The molecule has 0 radical (unpaired) electrons. The Morgan fingerprint density at radius 1 is 1.12 bits per heavy atom. The molecule has 1 aromatic carbocycles. The lowest BCUT2D eigenvalue weighted by atomic mass is 10.1. The second-order valence-corrected chi connectivity index (χ2v) is 12.1. The van der Waals surface area contributed by atoms with Gasteiger partial charge in [0.15, 0.2) is 9.84 Å².